The van der Waals surface area contributed by atoms with Crippen LogP contribution in [-0.2, 0) is 11.0 Å². The average molecular weight is 218 g/mol. The molecule has 1 N–H and O–H groups in total. The van der Waals surface area contributed by atoms with Crippen LogP contribution in [0.2, 0.25) is 0 Å². The van der Waals surface area contributed by atoms with Crippen LogP contribution in [0.25, 0.3) is 0 Å². The summed E-state index contributed by atoms with van der Waals surface area (Å²) in [5, 5.41) is 8.30. The van der Waals surface area contributed by atoms with E-state index in [-0.39, 0.29) is 0 Å². The van der Waals surface area contributed by atoms with Gasteiger partial charge >= 0.3 is 12.1 Å². The summed E-state index contributed by atoms with van der Waals surface area (Å²) in [6.45, 7) is 0. The Balaban J connectivity index is 3.14. The minimum atomic E-state index is -4.59. The highest BCUT2D eigenvalue weighted by atomic mass is 19.4. The molecular formula is C9H5F3O3. The van der Waals surface area contributed by atoms with E-state index in [0.717, 1.165) is 18.2 Å². The Labute approximate surface area is 82.1 Å². The van der Waals surface area contributed by atoms with E-state index in [1.165, 1.54) is 0 Å². The van der Waals surface area contributed by atoms with E-state index in [1.54, 1.807) is 0 Å². The summed E-state index contributed by atoms with van der Waals surface area (Å²) in [7, 11) is 0. The topological polar surface area (TPSA) is 54.4 Å². The van der Waals surface area contributed by atoms with Crippen molar-refractivity contribution in [1.82, 2.24) is 0 Å². The normalized spacial score (nSPS) is 11.1. The molecule has 0 aliphatic carbocycles. The predicted octanol–water partition coefficient (Wildman–Crippen LogP) is 1.97. The lowest BCUT2D eigenvalue weighted by molar-refractivity contribution is -0.137. The Hall–Kier alpha value is -1.85. The van der Waals surface area contributed by atoms with Crippen LogP contribution >= 0.6 is 0 Å². The highest BCUT2D eigenvalue weighted by Crippen LogP contribution is 2.29. The highest BCUT2D eigenvalue weighted by molar-refractivity contribution is 6.39. The van der Waals surface area contributed by atoms with Crippen LogP contribution in [0.1, 0.15) is 15.9 Å². The second-order valence-electron chi connectivity index (χ2n) is 2.71. The van der Waals surface area contributed by atoms with Gasteiger partial charge in [0.2, 0.25) is 0 Å². The smallest absolute Gasteiger partial charge is 0.416 e. The Morgan fingerprint density at radius 3 is 2.27 bits per heavy atom. The molecule has 1 aromatic rings. The van der Waals surface area contributed by atoms with Crippen molar-refractivity contribution < 1.29 is 27.9 Å². The molecule has 3 nitrogen and oxygen atoms in total. The lowest BCUT2D eigenvalue weighted by atomic mass is 10.1. The molecule has 0 spiro atoms. The van der Waals surface area contributed by atoms with Gasteiger partial charge in [0.25, 0.3) is 5.78 Å². The van der Waals surface area contributed by atoms with Gasteiger partial charge in [0.05, 0.1) is 5.56 Å². The Morgan fingerprint density at radius 1 is 1.20 bits per heavy atom. The minimum absolute atomic E-state index is 0.489. The molecule has 0 atom stereocenters. The van der Waals surface area contributed by atoms with Crippen LogP contribution < -0.4 is 0 Å². The molecule has 0 unspecified atom stereocenters. The minimum Gasteiger partial charge on any atom is -0.475 e. The first-order valence-corrected chi connectivity index (χ1v) is 3.77. The molecule has 1 rings (SSSR count). The van der Waals surface area contributed by atoms with E-state index in [9.17, 15) is 22.8 Å². The average Bonchev–Trinajstić information content (AvgIpc) is 2.15. The number of halogens is 3. The van der Waals surface area contributed by atoms with Crippen molar-refractivity contribution in [2.24, 2.45) is 0 Å². The van der Waals surface area contributed by atoms with Gasteiger partial charge in [-0.1, -0.05) is 12.1 Å². The van der Waals surface area contributed by atoms with Crippen molar-refractivity contribution in [1.29, 1.82) is 0 Å². The molecule has 1 aromatic carbocycles. The Bertz CT molecular complexity index is 409. The highest BCUT2D eigenvalue weighted by Gasteiger charge is 2.31. The molecule has 0 aliphatic rings. The fourth-order valence-electron chi connectivity index (χ4n) is 0.960. The van der Waals surface area contributed by atoms with E-state index in [1.807, 2.05) is 0 Å². The van der Waals surface area contributed by atoms with E-state index in [4.69, 9.17) is 5.11 Å². The van der Waals surface area contributed by atoms with Gasteiger partial charge in [0.1, 0.15) is 0 Å². The maximum Gasteiger partial charge on any atom is 0.416 e. The number of benzene rings is 1. The molecule has 0 fully saturated rings. The summed E-state index contributed by atoms with van der Waals surface area (Å²) in [5.41, 5.74) is -1.54. The van der Waals surface area contributed by atoms with E-state index in [2.05, 4.69) is 0 Å². The number of hydrogen-bond donors (Lipinski definition) is 1. The van der Waals surface area contributed by atoms with Crippen LogP contribution in [0, 0.1) is 0 Å². The molecule has 0 bridgehead atoms. The molecule has 0 aliphatic heterocycles. The lowest BCUT2D eigenvalue weighted by Crippen LogP contribution is -2.14. The van der Waals surface area contributed by atoms with E-state index in [0.29, 0.717) is 6.07 Å². The molecule has 0 heterocycles. The van der Waals surface area contributed by atoms with Gasteiger partial charge in [-0.25, -0.2) is 4.79 Å². The van der Waals surface area contributed by atoms with Crippen molar-refractivity contribution in [3.8, 4) is 0 Å². The van der Waals surface area contributed by atoms with Gasteiger partial charge in [-0.2, -0.15) is 13.2 Å². The quantitative estimate of drug-likeness (QED) is 0.609. The molecule has 0 saturated heterocycles. The van der Waals surface area contributed by atoms with Crippen molar-refractivity contribution in [3.05, 3.63) is 35.4 Å². The number of ketones is 1. The number of hydrogen-bond acceptors (Lipinski definition) is 2. The third kappa shape index (κ3) is 2.55. The number of carbonyl (C=O) groups excluding carboxylic acids is 1. The zero-order valence-corrected chi connectivity index (χ0v) is 7.21. The third-order valence-corrected chi connectivity index (χ3v) is 1.65. The van der Waals surface area contributed by atoms with Gasteiger partial charge in [0.15, 0.2) is 0 Å². The van der Waals surface area contributed by atoms with Gasteiger partial charge in [-0.15, -0.1) is 0 Å². The molecule has 80 valence electrons. The number of carboxylic acids is 1. The monoisotopic (exact) mass is 218 g/mol. The maximum atomic E-state index is 12.2. The van der Waals surface area contributed by atoms with Crippen LogP contribution in [-0.4, -0.2) is 16.9 Å². The van der Waals surface area contributed by atoms with E-state index < -0.39 is 29.1 Å². The van der Waals surface area contributed by atoms with Gasteiger partial charge < -0.3 is 5.11 Å². The number of carboxylic acid groups (broad SMARTS) is 1. The Kier molecular flexibility index (Phi) is 2.78. The molecule has 6 heteroatoms. The predicted molar refractivity (Wildman–Crippen MR) is 43.4 cm³/mol. The van der Waals surface area contributed by atoms with Crippen molar-refractivity contribution in [3.63, 3.8) is 0 Å². The molecule has 0 aromatic heterocycles. The number of alkyl halides is 3. The largest absolute Gasteiger partial charge is 0.475 e. The summed E-state index contributed by atoms with van der Waals surface area (Å²) < 4.78 is 36.5. The van der Waals surface area contributed by atoms with Gasteiger partial charge in [-0.3, -0.25) is 4.79 Å². The summed E-state index contributed by atoms with van der Waals surface area (Å²) in [5.74, 6) is -3.14. The van der Waals surface area contributed by atoms with Crippen LogP contribution in [0.3, 0.4) is 0 Å². The van der Waals surface area contributed by atoms with E-state index >= 15 is 0 Å². The summed E-state index contributed by atoms with van der Waals surface area (Å²) in [6, 6.07) is 3.28. The SMILES string of the molecule is O=C(O)C(=O)c1cccc(C(F)(F)F)c1. The molecule has 15 heavy (non-hydrogen) atoms. The van der Waals surface area contributed by atoms with Crippen molar-refractivity contribution >= 4 is 11.8 Å². The maximum absolute atomic E-state index is 12.2. The first kappa shape index (κ1) is 11.2. The fraction of sp³-hybridized carbons (Fsp3) is 0.111. The molecule has 0 amide bonds. The van der Waals surface area contributed by atoms with Crippen molar-refractivity contribution in [2.45, 2.75) is 6.18 Å². The van der Waals surface area contributed by atoms with Crippen LogP contribution in [0.4, 0.5) is 13.2 Å². The molecule has 0 saturated carbocycles. The summed E-state index contributed by atoms with van der Waals surface area (Å²) in [6.07, 6.45) is -4.59. The second-order valence-corrected chi connectivity index (χ2v) is 2.71. The summed E-state index contributed by atoms with van der Waals surface area (Å²) >= 11 is 0. The van der Waals surface area contributed by atoms with Gasteiger partial charge in [0, 0.05) is 5.56 Å². The fourth-order valence-corrected chi connectivity index (χ4v) is 0.960. The van der Waals surface area contributed by atoms with Gasteiger partial charge in [-0.05, 0) is 12.1 Å². The second kappa shape index (κ2) is 3.72. The zero-order chi connectivity index (χ0) is 11.6. The van der Waals surface area contributed by atoms with Crippen molar-refractivity contribution in [2.75, 3.05) is 0 Å². The molecular weight excluding hydrogens is 213 g/mol. The standard InChI is InChI=1S/C9H5F3O3/c10-9(11,12)6-3-1-2-5(4-6)7(13)8(14)15/h1-4H,(H,14,15). The number of aliphatic carboxylic acids is 1. The number of carbonyl (C=O) groups is 2. The first-order chi connectivity index (χ1) is 6.82. The molecule has 0 radical (unpaired) electrons. The Morgan fingerprint density at radius 2 is 1.80 bits per heavy atom. The lowest BCUT2D eigenvalue weighted by Gasteiger charge is -2.06. The zero-order valence-electron chi connectivity index (χ0n) is 7.21. The number of Topliss-reactive ketones (excluding diaryl/α,β-unsaturated/α-hetero) is 1. The summed E-state index contributed by atoms with van der Waals surface area (Å²) in [4.78, 5) is 21.1. The number of rotatable bonds is 2. The van der Waals surface area contributed by atoms with Crippen LogP contribution in [0.5, 0.6) is 0 Å². The third-order valence-electron chi connectivity index (χ3n) is 1.65. The van der Waals surface area contributed by atoms with Crippen LogP contribution in [0.15, 0.2) is 24.3 Å². The first-order valence-electron chi connectivity index (χ1n) is 3.77.